The lowest BCUT2D eigenvalue weighted by Gasteiger charge is -2.28. The summed E-state index contributed by atoms with van der Waals surface area (Å²) in [5, 5.41) is 6.46. The molecule has 5 rings (SSSR count). The average molecular weight is 527 g/mol. The Morgan fingerprint density at radius 1 is 1.21 bits per heavy atom. The summed E-state index contributed by atoms with van der Waals surface area (Å²) < 4.78 is 2.31. The third-order valence-corrected chi connectivity index (χ3v) is 8.25. The molecule has 1 aliphatic carbocycles. The second kappa shape index (κ2) is 11.3. The number of amides is 1. The number of carbonyl (C=O) groups excluding carboxylic acids is 2. The molecule has 7 heteroatoms. The van der Waals surface area contributed by atoms with Crippen molar-refractivity contribution >= 4 is 29.4 Å². The van der Waals surface area contributed by atoms with Crippen molar-refractivity contribution in [1.82, 2.24) is 15.6 Å². The van der Waals surface area contributed by atoms with Gasteiger partial charge in [0.15, 0.2) is 18.0 Å². The summed E-state index contributed by atoms with van der Waals surface area (Å²) in [6.45, 7) is 14.5. The third-order valence-electron chi connectivity index (χ3n) is 8.25. The topological polar surface area (TPSA) is 77.3 Å². The number of fused-ring (bicyclic) bond motifs is 1. The minimum atomic E-state index is -0.149. The van der Waals surface area contributed by atoms with Crippen molar-refractivity contribution in [3.05, 3.63) is 64.4 Å². The Morgan fingerprint density at radius 3 is 2.64 bits per heavy atom. The quantitative estimate of drug-likeness (QED) is 0.509. The molecule has 2 aromatic rings. The van der Waals surface area contributed by atoms with Crippen LogP contribution in [0.5, 0.6) is 0 Å². The highest BCUT2D eigenvalue weighted by atomic mass is 16.2. The first kappa shape index (κ1) is 27.0. The van der Waals surface area contributed by atoms with Crippen molar-refractivity contribution in [2.24, 2.45) is 0 Å². The molecule has 0 radical (unpaired) electrons. The molecule has 1 fully saturated rings. The van der Waals surface area contributed by atoms with E-state index < -0.39 is 0 Å². The van der Waals surface area contributed by atoms with Crippen LogP contribution in [0.1, 0.15) is 69.3 Å². The molecular formula is C32H40N5O2+. The summed E-state index contributed by atoms with van der Waals surface area (Å²) in [6, 6.07) is 8.69. The fourth-order valence-corrected chi connectivity index (χ4v) is 5.89. The Labute approximate surface area is 231 Å². The molecule has 2 N–H and O–H groups in total. The van der Waals surface area contributed by atoms with Crippen LogP contribution in [0.15, 0.2) is 53.3 Å². The van der Waals surface area contributed by atoms with Crippen LogP contribution in [0, 0.1) is 0 Å². The summed E-state index contributed by atoms with van der Waals surface area (Å²) in [4.78, 5) is 33.5. The zero-order chi connectivity index (χ0) is 27.7. The van der Waals surface area contributed by atoms with E-state index >= 15 is 0 Å². The lowest BCUT2D eigenvalue weighted by atomic mass is 9.91. The second-order valence-electron chi connectivity index (χ2n) is 11.1. The van der Waals surface area contributed by atoms with E-state index in [-0.39, 0.29) is 24.2 Å². The number of hydrogen-bond donors (Lipinski definition) is 2. The van der Waals surface area contributed by atoms with Crippen LogP contribution >= 0.6 is 0 Å². The van der Waals surface area contributed by atoms with Gasteiger partial charge < -0.3 is 15.5 Å². The maximum Gasteiger partial charge on any atom is 0.252 e. The number of pyridine rings is 1. The number of benzene rings is 1. The van der Waals surface area contributed by atoms with Gasteiger partial charge in [0, 0.05) is 74.5 Å². The summed E-state index contributed by atoms with van der Waals surface area (Å²) in [7, 11) is 0. The van der Waals surface area contributed by atoms with E-state index in [0.717, 1.165) is 71.9 Å². The van der Waals surface area contributed by atoms with Crippen molar-refractivity contribution in [1.29, 1.82) is 0 Å². The van der Waals surface area contributed by atoms with Crippen LogP contribution < -0.4 is 15.5 Å². The van der Waals surface area contributed by atoms with E-state index in [0.29, 0.717) is 23.6 Å². The van der Waals surface area contributed by atoms with Gasteiger partial charge in [0.05, 0.1) is 11.5 Å². The molecule has 2 atom stereocenters. The lowest BCUT2D eigenvalue weighted by molar-refractivity contribution is -0.473. The highest BCUT2D eigenvalue weighted by Crippen LogP contribution is 2.39. The van der Waals surface area contributed by atoms with Gasteiger partial charge in [-0.1, -0.05) is 18.6 Å². The Morgan fingerprint density at radius 2 is 1.97 bits per heavy atom. The van der Waals surface area contributed by atoms with E-state index in [9.17, 15) is 9.59 Å². The lowest BCUT2D eigenvalue weighted by Crippen LogP contribution is -2.43. The number of Topliss-reactive ketones (excluding diaryl/α,β-unsaturated/α-hetero) is 1. The molecule has 2 aliphatic heterocycles. The van der Waals surface area contributed by atoms with Gasteiger partial charge in [0.2, 0.25) is 5.69 Å². The summed E-state index contributed by atoms with van der Waals surface area (Å²) in [5.74, 6) is 1.03. The molecule has 3 heterocycles. The average Bonchev–Trinajstić information content (AvgIpc) is 3.28. The molecule has 204 valence electrons. The zero-order valence-electron chi connectivity index (χ0n) is 23.8. The number of aromatic nitrogens is 1. The van der Waals surface area contributed by atoms with E-state index in [2.05, 4.69) is 65.3 Å². The maximum atomic E-state index is 13.7. The molecule has 0 saturated carbocycles. The van der Waals surface area contributed by atoms with E-state index in [1.54, 1.807) is 0 Å². The number of piperazine rings is 1. The Hall–Kier alpha value is -3.58. The van der Waals surface area contributed by atoms with E-state index in [4.69, 9.17) is 4.98 Å². The molecule has 1 amide bonds. The Bertz CT molecular complexity index is 1380. The van der Waals surface area contributed by atoms with Crippen LogP contribution in [-0.4, -0.2) is 66.2 Å². The molecule has 0 bridgehead atoms. The summed E-state index contributed by atoms with van der Waals surface area (Å²) in [5.41, 5.74) is 7.42. The molecule has 0 spiro atoms. The maximum absolute atomic E-state index is 13.7. The molecule has 7 nitrogen and oxygen atoms in total. The second-order valence-corrected chi connectivity index (χ2v) is 11.1. The number of anilines is 1. The highest BCUT2D eigenvalue weighted by Gasteiger charge is 2.35. The first-order valence-corrected chi connectivity index (χ1v) is 14.2. The first-order chi connectivity index (χ1) is 18.8. The number of nitrogens with one attached hydrogen (secondary N) is 2. The molecule has 1 aromatic heterocycles. The van der Waals surface area contributed by atoms with Crippen LogP contribution in [0.3, 0.4) is 0 Å². The third kappa shape index (κ3) is 5.46. The molecular weight excluding hydrogens is 486 g/mol. The van der Waals surface area contributed by atoms with Gasteiger partial charge in [-0.25, -0.2) is 4.98 Å². The van der Waals surface area contributed by atoms with Crippen LogP contribution in [-0.2, 0) is 4.79 Å². The van der Waals surface area contributed by atoms with Crippen molar-refractivity contribution in [2.45, 2.75) is 59.4 Å². The standard InChI is InChI=1S/C32H39N5O2/c1-6-23(5)37-19-22(4)31-26(32(39)35-18-27-21(3)13-20(2)14-29(27)38)15-25(16-28(31)37)24-7-8-30(34-17-24)36-11-9-33-10-12-36/h7-8,13,15-17,19,22-23,33H,6,9-12,14,18H2,1-5H3/p+1/t22?,23-/m0/s1. The van der Waals surface area contributed by atoms with Gasteiger partial charge in [-0.15, -0.1) is 0 Å². The fraction of sp³-hybridized carbons (Fsp3) is 0.438. The van der Waals surface area contributed by atoms with E-state index in [1.165, 1.54) is 0 Å². The largest absolute Gasteiger partial charge is 0.354 e. The minimum Gasteiger partial charge on any atom is -0.354 e. The number of ketones is 1. The minimum absolute atomic E-state index is 0.0899. The number of rotatable bonds is 7. The number of carbonyl (C=O) groups is 2. The van der Waals surface area contributed by atoms with Gasteiger partial charge in [-0.05, 0) is 57.0 Å². The summed E-state index contributed by atoms with van der Waals surface area (Å²) in [6.07, 6.45) is 7.60. The fourth-order valence-electron chi connectivity index (χ4n) is 5.89. The van der Waals surface area contributed by atoms with Crippen molar-refractivity contribution in [3.63, 3.8) is 0 Å². The molecule has 1 aromatic carbocycles. The van der Waals surface area contributed by atoms with Gasteiger partial charge >= 0.3 is 0 Å². The van der Waals surface area contributed by atoms with Gasteiger partial charge in [-0.3, -0.25) is 9.59 Å². The van der Waals surface area contributed by atoms with Crippen LogP contribution in [0.4, 0.5) is 11.5 Å². The van der Waals surface area contributed by atoms with Gasteiger partial charge in [-0.2, -0.15) is 4.58 Å². The smallest absolute Gasteiger partial charge is 0.252 e. The normalized spacial score (nSPS) is 20.0. The molecule has 1 saturated heterocycles. The predicted octanol–water partition coefficient (Wildman–Crippen LogP) is 4.75. The highest BCUT2D eigenvalue weighted by molar-refractivity contribution is 6.03. The van der Waals surface area contributed by atoms with Gasteiger partial charge in [0.1, 0.15) is 5.82 Å². The Balaban J connectivity index is 1.49. The van der Waals surface area contributed by atoms with Crippen molar-refractivity contribution < 1.29 is 14.2 Å². The van der Waals surface area contributed by atoms with Crippen molar-refractivity contribution in [3.8, 4) is 11.1 Å². The van der Waals surface area contributed by atoms with Crippen molar-refractivity contribution in [2.75, 3.05) is 37.6 Å². The summed E-state index contributed by atoms with van der Waals surface area (Å²) >= 11 is 0. The monoisotopic (exact) mass is 526 g/mol. The van der Waals surface area contributed by atoms with Crippen LogP contribution in [0.25, 0.3) is 11.1 Å². The number of hydrogen-bond acceptors (Lipinski definition) is 5. The number of nitrogens with zero attached hydrogens (tertiary/aromatic N) is 3. The van der Waals surface area contributed by atoms with E-state index in [1.807, 2.05) is 32.2 Å². The predicted molar refractivity (Wildman–Crippen MR) is 157 cm³/mol. The first-order valence-electron chi connectivity index (χ1n) is 14.2. The zero-order valence-corrected chi connectivity index (χ0v) is 23.8. The SMILES string of the molecule is CC[C@H](C)[N+]1=CC(C)c2c(C(=O)NCC3=C(C)C=C(C)CC3=O)cc(-c3ccc(N4CCNCC4)nc3)cc21. The van der Waals surface area contributed by atoms with Gasteiger partial charge in [0.25, 0.3) is 5.91 Å². The Kier molecular flexibility index (Phi) is 7.80. The number of allylic oxidation sites excluding steroid dienone is 3. The van der Waals surface area contributed by atoms with Crippen LogP contribution in [0.2, 0.25) is 0 Å². The molecule has 1 unspecified atom stereocenters. The molecule has 3 aliphatic rings. The molecule has 39 heavy (non-hydrogen) atoms.